The van der Waals surface area contributed by atoms with Crippen molar-refractivity contribution in [2.75, 3.05) is 24.5 Å². The average Bonchev–Trinajstić information content (AvgIpc) is 3.43. The second-order valence-electron chi connectivity index (χ2n) is 8.85. The minimum atomic E-state index is -0.815. The molecule has 2 N–H and O–H groups in total. The maximum Gasteiger partial charge on any atom is 0.325 e. The molecule has 162 valence electrons. The maximum absolute atomic E-state index is 12.9. The first-order valence-corrected chi connectivity index (χ1v) is 11.1. The highest BCUT2D eigenvalue weighted by Gasteiger charge is 2.54. The van der Waals surface area contributed by atoms with Gasteiger partial charge in [-0.05, 0) is 56.7 Å². The molecule has 7 nitrogen and oxygen atoms in total. The van der Waals surface area contributed by atoms with Gasteiger partial charge in [0.15, 0.2) is 0 Å². The Hall–Kier alpha value is -2.28. The number of benzene rings is 1. The van der Waals surface area contributed by atoms with Crippen molar-refractivity contribution in [2.45, 2.75) is 57.5 Å². The van der Waals surface area contributed by atoms with Gasteiger partial charge in [-0.15, -0.1) is 0 Å². The number of urea groups is 1. The van der Waals surface area contributed by atoms with E-state index in [0.29, 0.717) is 25.3 Å². The van der Waals surface area contributed by atoms with Crippen molar-refractivity contribution >= 4 is 35.1 Å². The molecule has 3 aliphatic rings. The zero-order valence-corrected chi connectivity index (χ0v) is 18.3. The van der Waals surface area contributed by atoms with Gasteiger partial charge in [0.2, 0.25) is 5.91 Å². The lowest BCUT2D eigenvalue weighted by molar-refractivity contribution is -0.137. The first-order valence-electron chi connectivity index (χ1n) is 10.8. The molecule has 30 heavy (non-hydrogen) atoms. The Morgan fingerprint density at radius 3 is 2.80 bits per heavy atom. The monoisotopic (exact) mass is 432 g/mol. The van der Waals surface area contributed by atoms with Gasteiger partial charge in [-0.1, -0.05) is 30.5 Å². The van der Waals surface area contributed by atoms with E-state index in [4.69, 9.17) is 11.6 Å². The largest absolute Gasteiger partial charge is 0.371 e. The number of aryl methyl sites for hydroxylation is 1. The van der Waals surface area contributed by atoms with Crippen LogP contribution in [0.15, 0.2) is 18.2 Å². The van der Waals surface area contributed by atoms with Crippen LogP contribution in [0, 0.1) is 12.8 Å². The standard InChI is InChI=1S/C22H29ClN4O3/c1-14-5-6-17(23)11-18(14)26-10-7-16(13-26)12-24-19(28)15(2)27-20(29)22(25-21(27)30)8-3-4-9-22/h5-6,11,15-16H,3-4,7-10,12-13H2,1-2H3,(H,24,28)(H,25,30). The van der Waals surface area contributed by atoms with E-state index < -0.39 is 17.6 Å². The summed E-state index contributed by atoms with van der Waals surface area (Å²) in [7, 11) is 0. The Labute approximate surface area is 182 Å². The Balaban J connectivity index is 1.32. The fourth-order valence-corrected chi connectivity index (χ4v) is 5.13. The summed E-state index contributed by atoms with van der Waals surface area (Å²) in [6, 6.07) is 4.62. The zero-order valence-electron chi connectivity index (χ0n) is 17.5. The minimum Gasteiger partial charge on any atom is -0.371 e. The molecule has 2 unspecified atom stereocenters. The van der Waals surface area contributed by atoms with Crippen LogP contribution in [0.25, 0.3) is 0 Å². The number of hydrogen-bond acceptors (Lipinski definition) is 4. The third kappa shape index (κ3) is 3.75. The SMILES string of the molecule is Cc1ccc(Cl)cc1N1CCC(CNC(=O)C(C)N2C(=O)NC3(CCCC3)C2=O)C1. The predicted octanol–water partition coefficient (Wildman–Crippen LogP) is 2.84. The van der Waals surface area contributed by atoms with Crippen molar-refractivity contribution in [1.29, 1.82) is 0 Å². The van der Waals surface area contributed by atoms with Gasteiger partial charge in [0.05, 0.1) is 0 Å². The number of carbonyl (C=O) groups excluding carboxylic acids is 3. The van der Waals surface area contributed by atoms with Gasteiger partial charge in [0.1, 0.15) is 11.6 Å². The second kappa shape index (κ2) is 8.10. The van der Waals surface area contributed by atoms with Crippen LogP contribution in [0.3, 0.4) is 0 Å². The van der Waals surface area contributed by atoms with Gasteiger partial charge in [-0.2, -0.15) is 0 Å². The molecule has 2 heterocycles. The normalized spacial score (nSPS) is 23.9. The highest BCUT2D eigenvalue weighted by Crippen LogP contribution is 2.36. The Kier molecular flexibility index (Phi) is 5.66. The Bertz CT molecular complexity index is 868. The lowest BCUT2D eigenvalue weighted by Crippen LogP contribution is -2.50. The molecular weight excluding hydrogens is 404 g/mol. The first-order chi connectivity index (χ1) is 14.3. The molecule has 2 atom stereocenters. The molecule has 1 aromatic rings. The maximum atomic E-state index is 12.9. The number of halogens is 1. The third-order valence-corrected chi connectivity index (χ3v) is 7.01. The molecule has 0 bridgehead atoms. The average molecular weight is 433 g/mol. The fraction of sp³-hybridized carbons (Fsp3) is 0.591. The molecule has 3 fully saturated rings. The number of nitrogens with one attached hydrogen (secondary N) is 2. The van der Waals surface area contributed by atoms with E-state index in [1.165, 1.54) is 5.56 Å². The summed E-state index contributed by atoms with van der Waals surface area (Å²) in [6.07, 6.45) is 4.12. The van der Waals surface area contributed by atoms with Crippen molar-refractivity contribution in [3.8, 4) is 0 Å². The van der Waals surface area contributed by atoms with Crippen LogP contribution in [0.5, 0.6) is 0 Å². The van der Waals surface area contributed by atoms with Crippen molar-refractivity contribution in [2.24, 2.45) is 5.92 Å². The number of imide groups is 1. The quantitative estimate of drug-likeness (QED) is 0.701. The minimum absolute atomic E-state index is 0.254. The van der Waals surface area contributed by atoms with Gasteiger partial charge in [-0.25, -0.2) is 9.69 Å². The van der Waals surface area contributed by atoms with Crippen LogP contribution in [0.2, 0.25) is 5.02 Å². The molecule has 2 aliphatic heterocycles. The molecule has 4 rings (SSSR count). The van der Waals surface area contributed by atoms with Crippen LogP contribution < -0.4 is 15.5 Å². The van der Waals surface area contributed by atoms with Gasteiger partial charge in [0, 0.05) is 30.3 Å². The summed E-state index contributed by atoms with van der Waals surface area (Å²) in [5.74, 6) is -0.231. The van der Waals surface area contributed by atoms with Crippen LogP contribution in [0.1, 0.15) is 44.6 Å². The van der Waals surface area contributed by atoms with E-state index in [2.05, 4.69) is 22.5 Å². The van der Waals surface area contributed by atoms with Crippen LogP contribution in [0.4, 0.5) is 10.5 Å². The van der Waals surface area contributed by atoms with Crippen LogP contribution >= 0.6 is 11.6 Å². The lowest BCUT2D eigenvalue weighted by Gasteiger charge is -2.24. The summed E-state index contributed by atoms with van der Waals surface area (Å²) in [6.45, 7) is 5.96. The van der Waals surface area contributed by atoms with Gasteiger partial charge < -0.3 is 15.5 Å². The van der Waals surface area contributed by atoms with E-state index in [9.17, 15) is 14.4 Å². The smallest absolute Gasteiger partial charge is 0.325 e. The molecule has 4 amide bonds. The number of rotatable bonds is 5. The van der Waals surface area contributed by atoms with Crippen LogP contribution in [-0.4, -0.2) is 54.0 Å². The third-order valence-electron chi connectivity index (χ3n) is 6.78. The fourth-order valence-electron chi connectivity index (χ4n) is 4.96. The molecule has 1 saturated carbocycles. The summed E-state index contributed by atoms with van der Waals surface area (Å²) in [5, 5.41) is 6.51. The second-order valence-corrected chi connectivity index (χ2v) is 9.28. The van der Waals surface area contributed by atoms with E-state index in [1.54, 1.807) is 6.92 Å². The molecule has 1 spiro atoms. The summed E-state index contributed by atoms with van der Waals surface area (Å²) >= 11 is 6.15. The number of nitrogens with zero attached hydrogens (tertiary/aromatic N) is 2. The number of hydrogen-bond donors (Lipinski definition) is 2. The molecule has 1 aromatic carbocycles. The van der Waals surface area contributed by atoms with Crippen LogP contribution in [-0.2, 0) is 9.59 Å². The number of anilines is 1. The number of amides is 4. The Morgan fingerprint density at radius 1 is 1.33 bits per heavy atom. The predicted molar refractivity (Wildman–Crippen MR) is 116 cm³/mol. The van der Waals surface area contributed by atoms with Gasteiger partial charge >= 0.3 is 6.03 Å². The topological polar surface area (TPSA) is 81.8 Å². The summed E-state index contributed by atoms with van der Waals surface area (Å²) in [5.41, 5.74) is 1.52. The van der Waals surface area contributed by atoms with Gasteiger partial charge in [0.25, 0.3) is 5.91 Å². The highest BCUT2D eigenvalue weighted by atomic mass is 35.5. The Morgan fingerprint density at radius 2 is 2.07 bits per heavy atom. The molecule has 8 heteroatoms. The van der Waals surface area contributed by atoms with E-state index in [0.717, 1.165) is 48.0 Å². The van der Waals surface area contributed by atoms with Crippen molar-refractivity contribution in [1.82, 2.24) is 15.5 Å². The molecule has 0 aromatic heterocycles. The van der Waals surface area contributed by atoms with E-state index in [1.807, 2.05) is 18.2 Å². The molecule has 1 aliphatic carbocycles. The zero-order chi connectivity index (χ0) is 21.5. The highest BCUT2D eigenvalue weighted by molar-refractivity contribution is 6.30. The summed E-state index contributed by atoms with van der Waals surface area (Å²) in [4.78, 5) is 41.4. The molecule has 0 radical (unpaired) electrons. The van der Waals surface area contributed by atoms with E-state index >= 15 is 0 Å². The van der Waals surface area contributed by atoms with Crippen molar-refractivity contribution in [3.63, 3.8) is 0 Å². The first kappa shape index (κ1) is 21.0. The van der Waals surface area contributed by atoms with Crippen molar-refractivity contribution < 1.29 is 14.4 Å². The van der Waals surface area contributed by atoms with Crippen molar-refractivity contribution in [3.05, 3.63) is 28.8 Å². The van der Waals surface area contributed by atoms with E-state index in [-0.39, 0.29) is 11.8 Å². The summed E-state index contributed by atoms with van der Waals surface area (Å²) < 4.78 is 0. The number of carbonyl (C=O) groups is 3. The molecular formula is C22H29ClN4O3. The van der Waals surface area contributed by atoms with Gasteiger partial charge in [-0.3, -0.25) is 9.59 Å². The molecule has 2 saturated heterocycles. The lowest BCUT2D eigenvalue weighted by atomic mass is 9.97.